The first-order valence-electron chi connectivity index (χ1n) is 8.47. The molecule has 7 heteroatoms. The van der Waals surface area contributed by atoms with E-state index in [4.69, 9.17) is 11.6 Å². The summed E-state index contributed by atoms with van der Waals surface area (Å²) in [7, 11) is 0. The quantitative estimate of drug-likeness (QED) is 0.303. The third-order valence-electron chi connectivity index (χ3n) is 4.70. The Bertz CT molecular complexity index is 1190. The van der Waals surface area contributed by atoms with Crippen molar-refractivity contribution in [2.45, 2.75) is 18.8 Å². The number of thiophene rings is 1. The number of hydrogen-bond acceptors (Lipinski definition) is 4. The Morgan fingerprint density at radius 3 is 2.70 bits per heavy atom. The summed E-state index contributed by atoms with van der Waals surface area (Å²) < 4.78 is 29.1. The van der Waals surface area contributed by atoms with E-state index < -0.39 is 11.8 Å². The molecule has 0 radical (unpaired) electrons. The minimum absolute atomic E-state index is 0.00342. The molecule has 0 amide bonds. The summed E-state index contributed by atoms with van der Waals surface area (Å²) in [5.41, 5.74) is 3.01. The maximum absolute atomic E-state index is 14.2. The van der Waals surface area contributed by atoms with E-state index in [2.05, 4.69) is 15.0 Å². The molecule has 0 unspecified atom stereocenters. The molecule has 3 nitrogen and oxygen atoms in total. The maximum Gasteiger partial charge on any atom is 0.223 e. The lowest BCUT2D eigenvalue weighted by Crippen LogP contribution is -1.92. The third kappa shape index (κ3) is 2.99. The van der Waals surface area contributed by atoms with Crippen LogP contribution in [0.2, 0.25) is 5.28 Å². The molecule has 1 fully saturated rings. The van der Waals surface area contributed by atoms with Gasteiger partial charge < -0.3 is 0 Å². The second kappa shape index (κ2) is 6.32. The Kier molecular flexibility index (Phi) is 3.91. The standard InChI is InChI=1S/C20H12ClF2N3S/c21-20-25-9-15(22)18(26-20)16-6-11-2-1-3-12(19(11)27-16)13-7-17(23)24-8-14(13)10-4-5-10/h1-3,6-10H,4-5H2. The highest BCUT2D eigenvalue weighted by Gasteiger charge is 2.28. The first-order chi connectivity index (χ1) is 13.1. The van der Waals surface area contributed by atoms with E-state index in [1.54, 1.807) is 6.20 Å². The van der Waals surface area contributed by atoms with Crippen LogP contribution in [0, 0.1) is 11.8 Å². The molecule has 1 aliphatic carbocycles. The maximum atomic E-state index is 14.2. The van der Waals surface area contributed by atoms with E-state index in [0.29, 0.717) is 10.8 Å². The summed E-state index contributed by atoms with van der Waals surface area (Å²) in [6.07, 6.45) is 4.90. The summed E-state index contributed by atoms with van der Waals surface area (Å²) in [5.74, 6) is -0.598. The largest absolute Gasteiger partial charge is 0.228 e. The Balaban J connectivity index is 1.73. The number of aromatic nitrogens is 3. The first-order valence-corrected chi connectivity index (χ1v) is 9.66. The summed E-state index contributed by atoms with van der Waals surface area (Å²) in [6.45, 7) is 0. The molecule has 0 spiro atoms. The fourth-order valence-electron chi connectivity index (χ4n) is 3.30. The Labute approximate surface area is 162 Å². The molecule has 134 valence electrons. The second-order valence-electron chi connectivity index (χ2n) is 6.54. The van der Waals surface area contributed by atoms with Crippen molar-refractivity contribution in [2.24, 2.45) is 0 Å². The Morgan fingerprint density at radius 2 is 1.89 bits per heavy atom. The summed E-state index contributed by atoms with van der Waals surface area (Å²) in [6, 6.07) is 9.20. The molecule has 3 heterocycles. The minimum atomic E-state index is -0.527. The Morgan fingerprint density at radius 1 is 1.04 bits per heavy atom. The van der Waals surface area contributed by atoms with Gasteiger partial charge in [-0.15, -0.1) is 11.3 Å². The van der Waals surface area contributed by atoms with Gasteiger partial charge in [-0.2, -0.15) is 4.39 Å². The van der Waals surface area contributed by atoms with Gasteiger partial charge in [-0.05, 0) is 52.9 Å². The predicted octanol–water partition coefficient (Wildman–Crippen LogP) is 6.23. The van der Waals surface area contributed by atoms with Crippen molar-refractivity contribution in [1.29, 1.82) is 0 Å². The van der Waals surface area contributed by atoms with Crippen molar-refractivity contribution in [3.8, 4) is 21.7 Å². The van der Waals surface area contributed by atoms with E-state index >= 15 is 0 Å². The number of benzene rings is 1. The van der Waals surface area contributed by atoms with E-state index in [9.17, 15) is 8.78 Å². The molecule has 4 aromatic rings. The van der Waals surface area contributed by atoms with Gasteiger partial charge in [0.25, 0.3) is 0 Å². The van der Waals surface area contributed by atoms with Gasteiger partial charge in [0.2, 0.25) is 11.2 Å². The number of hydrogen-bond donors (Lipinski definition) is 0. The zero-order valence-corrected chi connectivity index (χ0v) is 15.5. The van der Waals surface area contributed by atoms with Gasteiger partial charge in [-0.25, -0.2) is 19.3 Å². The van der Waals surface area contributed by atoms with Crippen LogP contribution in [0.15, 0.2) is 42.7 Å². The zero-order chi connectivity index (χ0) is 18.5. The fraction of sp³-hybridized carbons (Fsp3) is 0.150. The molecule has 0 bridgehead atoms. The topological polar surface area (TPSA) is 38.7 Å². The second-order valence-corrected chi connectivity index (χ2v) is 7.93. The van der Waals surface area contributed by atoms with Gasteiger partial charge in [0, 0.05) is 22.5 Å². The summed E-state index contributed by atoms with van der Waals surface area (Å²) in [5, 5.41) is 0.942. The molecular formula is C20H12ClF2N3S. The molecule has 1 aliphatic rings. The smallest absolute Gasteiger partial charge is 0.223 e. The van der Waals surface area contributed by atoms with Gasteiger partial charge in [-0.3, -0.25) is 0 Å². The van der Waals surface area contributed by atoms with Crippen molar-refractivity contribution < 1.29 is 8.78 Å². The molecule has 27 heavy (non-hydrogen) atoms. The van der Waals surface area contributed by atoms with Crippen molar-refractivity contribution in [2.75, 3.05) is 0 Å². The summed E-state index contributed by atoms with van der Waals surface area (Å²) in [4.78, 5) is 12.2. The fourth-order valence-corrected chi connectivity index (χ4v) is 4.62. The van der Waals surface area contributed by atoms with Crippen molar-refractivity contribution in [3.63, 3.8) is 0 Å². The average molecular weight is 400 g/mol. The van der Waals surface area contributed by atoms with Gasteiger partial charge >= 0.3 is 0 Å². The zero-order valence-electron chi connectivity index (χ0n) is 13.9. The van der Waals surface area contributed by atoms with E-state index in [0.717, 1.165) is 45.8 Å². The minimum Gasteiger partial charge on any atom is -0.228 e. The highest BCUT2D eigenvalue weighted by Crippen LogP contribution is 2.47. The molecule has 0 atom stereocenters. The predicted molar refractivity (Wildman–Crippen MR) is 103 cm³/mol. The van der Waals surface area contributed by atoms with Crippen LogP contribution < -0.4 is 0 Å². The molecule has 1 aromatic carbocycles. The van der Waals surface area contributed by atoms with E-state index in [1.165, 1.54) is 17.4 Å². The molecule has 5 rings (SSSR count). The van der Waals surface area contributed by atoms with Crippen LogP contribution in [0.1, 0.15) is 24.3 Å². The van der Waals surface area contributed by atoms with Crippen molar-refractivity contribution in [1.82, 2.24) is 15.0 Å². The van der Waals surface area contributed by atoms with Crippen molar-refractivity contribution >= 4 is 33.0 Å². The van der Waals surface area contributed by atoms with Crippen LogP contribution >= 0.6 is 22.9 Å². The van der Waals surface area contributed by atoms with Crippen LogP contribution in [0.25, 0.3) is 31.8 Å². The molecule has 0 saturated heterocycles. The van der Waals surface area contributed by atoms with Crippen molar-refractivity contribution in [3.05, 3.63) is 65.3 Å². The lowest BCUT2D eigenvalue weighted by atomic mass is 9.98. The lowest BCUT2D eigenvalue weighted by Gasteiger charge is -2.09. The lowest BCUT2D eigenvalue weighted by molar-refractivity contribution is 0.583. The van der Waals surface area contributed by atoms with Crippen LogP contribution in [0.5, 0.6) is 0 Å². The SMILES string of the molecule is Fc1cc(-c2cccc3cc(-c4nc(Cl)ncc4F)sc23)c(C2CC2)cn1. The molecule has 0 aliphatic heterocycles. The highest BCUT2D eigenvalue weighted by atomic mass is 35.5. The summed E-state index contributed by atoms with van der Waals surface area (Å²) >= 11 is 7.25. The van der Waals surface area contributed by atoms with Crippen LogP contribution in [-0.2, 0) is 0 Å². The number of halogens is 3. The molecule has 0 N–H and O–H groups in total. The van der Waals surface area contributed by atoms with Crippen LogP contribution in [-0.4, -0.2) is 15.0 Å². The number of pyridine rings is 1. The average Bonchev–Trinajstić information content (AvgIpc) is 3.41. The molecule has 1 saturated carbocycles. The van der Waals surface area contributed by atoms with Gasteiger partial charge in [-0.1, -0.05) is 18.2 Å². The van der Waals surface area contributed by atoms with Crippen LogP contribution in [0.3, 0.4) is 0 Å². The number of nitrogens with zero attached hydrogens (tertiary/aromatic N) is 3. The number of fused-ring (bicyclic) bond motifs is 1. The molecular weight excluding hydrogens is 388 g/mol. The normalized spacial score (nSPS) is 14.0. The molecule has 3 aromatic heterocycles. The monoisotopic (exact) mass is 399 g/mol. The first kappa shape index (κ1) is 16.7. The highest BCUT2D eigenvalue weighted by molar-refractivity contribution is 7.22. The number of rotatable bonds is 3. The Hall–Kier alpha value is -2.44. The van der Waals surface area contributed by atoms with Gasteiger partial charge in [0.1, 0.15) is 5.69 Å². The van der Waals surface area contributed by atoms with Crippen LogP contribution in [0.4, 0.5) is 8.78 Å². The third-order valence-corrected chi connectivity index (χ3v) is 6.07. The van der Waals surface area contributed by atoms with E-state index in [1.807, 2.05) is 24.3 Å². The van der Waals surface area contributed by atoms with Gasteiger partial charge in [0.05, 0.1) is 11.1 Å². The van der Waals surface area contributed by atoms with E-state index in [-0.39, 0.29) is 11.0 Å². The van der Waals surface area contributed by atoms with Gasteiger partial charge in [0.15, 0.2) is 5.82 Å².